The minimum Gasteiger partial charge on any atom is -0.350 e. The molecule has 0 saturated heterocycles. The van der Waals surface area contributed by atoms with Crippen molar-refractivity contribution in [3.8, 4) is 5.69 Å². The van der Waals surface area contributed by atoms with Crippen molar-refractivity contribution in [1.29, 1.82) is 0 Å². The van der Waals surface area contributed by atoms with Crippen molar-refractivity contribution < 1.29 is 13.2 Å². The molecule has 0 aliphatic rings. The summed E-state index contributed by atoms with van der Waals surface area (Å²) >= 11 is 0. The highest BCUT2D eigenvalue weighted by Crippen LogP contribution is 2.24. The summed E-state index contributed by atoms with van der Waals surface area (Å²) in [5, 5.41) is 2.85. The number of nitrogens with zero attached hydrogens (tertiary/aromatic N) is 3. The highest BCUT2D eigenvalue weighted by molar-refractivity contribution is 7.92. The molecule has 0 bridgehead atoms. The zero-order chi connectivity index (χ0) is 24.8. The van der Waals surface area contributed by atoms with Crippen LogP contribution in [0.15, 0.2) is 96.2 Å². The number of imidazole rings is 1. The Morgan fingerprint density at radius 3 is 2.20 bits per heavy atom. The number of amides is 1. The largest absolute Gasteiger partial charge is 0.350 e. The Morgan fingerprint density at radius 2 is 1.60 bits per heavy atom. The minimum absolute atomic E-state index is 0.137. The lowest BCUT2D eigenvalue weighted by molar-refractivity contribution is -0.119. The molecule has 0 atom stereocenters. The molecule has 4 rings (SSSR count). The first-order chi connectivity index (χ1) is 16.9. The summed E-state index contributed by atoms with van der Waals surface area (Å²) in [5.41, 5.74) is 3.42. The van der Waals surface area contributed by atoms with Crippen LogP contribution in [-0.2, 0) is 27.8 Å². The standard InChI is InChI=1S/C27H28N4O3S/c1-3-22-9-15-25(16-10-22)31(35(33,34)26-7-5-4-6-8-26)20-27(32)29-19-23-11-13-24(14-12-23)30-18-17-28-21(30)2/h4-18H,3,19-20H2,1-2H3,(H,29,32). The Labute approximate surface area is 206 Å². The van der Waals surface area contributed by atoms with Gasteiger partial charge in [0.25, 0.3) is 10.0 Å². The Bertz CT molecular complexity index is 1380. The number of sulfonamides is 1. The highest BCUT2D eigenvalue weighted by Gasteiger charge is 2.27. The number of hydrogen-bond acceptors (Lipinski definition) is 4. The number of aromatic nitrogens is 2. The lowest BCUT2D eigenvalue weighted by atomic mass is 10.1. The third-order valence-electron chi connectivity index (χ3n) is 5.78. The number of hydrogen-bond donors (Lipinski definition) is 1. The molecule has 0 aliphatic carbocycles. The van der Waals surface area contributed by atoms with E-state index in [2.05, 4.69) is 10.3 Å². The molecule has 1 aromatic heterocycles. The van der Waals surface area contributed by atoms with Crippen molar-refractivity contribution >= 4 is 21.6 Å². The Balaban J connectivity index is 1.49. The topological polar surface area (TPSA) is 84.3 Å². The molecule has 0 spiro atoms. The fraction of sp³-hybridized carbons (Fsp3) is 0.185. The van der Waals surface area contributed by atoms with Crippen LogP contribution in [0.2, 0.25) is 0 Å². The van der Waals surface area contributed by atoms with Crippen molar-refractivity contribution in [3.05, 3.63) is 108 Å². The first-order valence-corrected chi connectivity index (χ1v) is 12.8. The van der Waals surface area contributed by atoms with Crippen LogP contribution in [0.3, 0.4) is 0 Å². The van der Waals surface area contributed by atoms with Gasteiger partial charge in [-0.05, 0) is 60.9 Å². The third kappa shape index (κ3) is 5.60. The van der Waals surface area contributed by atoms with Gasteiger partial charge < -0.3 is 9.88 Å². The molecule has 1 heterocycles. The van der Waals surface area contributed by atoms with E-state index in [4.69, 9.17) is 0 Å². The van der Waals surface area contributed by atoms with Crippen LogP contribution in [0.1, 0.15) is 23.9 Å². The van der Waals surface area contributed by atoms with Gasteiger partial charge in [0, 0.05) is 24.6 Å². The Kier molecular flexibility index (Phi) is 7.31. The molecule has 7 nitrogen and oxygen atoms in total. The maximum absolute atomic E-state index is 13.4. The smallest absolute Gasteiger partial charge is 0.264 e. The fourth-order valence-corrected chi connectivity index (χ4v) is 5.19. The maximum atomic E-state index is 13.4. The molecule has 180 valence electrons. The van der Waals surface area contributed by atoms with Gasteiger partial charge in [-0.15, -0.1) is 0 Å². The van der Waals surface area contributed by atoms with Crippen molar-refractivity contribution in [1.82, 2.24) is 14.9 Å². The van der Waals surface area contributed by atoms with Gasteiger partial charge in [0.15, 0.2) is 0 Å². The first-order valence-electron chi connectivity index (χ1n) is 11.4. The van der Waals surface area contributed by atoms with Crippen molar-refractivity contribution in [2.75, 3.05) is 10.8 Å². The summed E-state index contributed by atoms with van der Waals surface area (Å²) < 4.78 is 30.0. The van der Waals surface area contributed by atoms with Crippen LogP contribution in [0, 0.1) is 6.92 Å². The molecular formula is C27H28N4O3S. The van der Waals surface area contributed by atoms with Gasteiger partial charge in [0.1, 0.15) is 12.4 Å². The number of rotatable bonds is 9. The zero-order valence-corrected chi connectivity index (χ0v) is 20.6. The minimum atomic E-state index is -3.92. The van der Waals surface area contributed by atoms with Crippen LogP contribution in [-0.4, -0.2) is 30.4 Å². The average Bonchev–Trinajstić information content (AvgIpc) is 3.32. The summed E-state index contributed by atoms with van der Waals surface area (Å²) in [4.78, 5) is 17.2. The predicted molar refractivity (Wildman–Crippen MR) is 137 cm³/mol. The molecule has 4 aromatic rings. The number of anilines is 1. The number of benzene rings is 3. The molecule has 35 heavy (non-hydrogen) atoms. The first kappa shape index (κ1) is 24.2. The fourth-order valence-electron chi connectivity index (χ4n) is 3.74. The van der Waals surface area contributed by atoms with Crippen LogP contribution in [0.4, 0.5) is 5.69 Å². The van der Waals surface area contributed by atoms with Crippen molar-refractivity contribution in [3.63, 3.8) is 0 Å². The quantitative estimate of drug-likeness (QED) is 0.382. The monoisotopic (exact) mass is 488 g/mol. The number of carbonyl (C=O) groups excluding carboxylic acids is 1. The summed E-state index contributed by atoms with van der Waals surface area (Å²) in [6.07, 6.45) is 4.47. The summed E-state index contributed by atoms with van der Waals surface area (Å²) in [7, 11) is -3.92. The van der Waals surface area contributed by atoms with Gasteiger partial charge in [-0.1, -0.05) is 49.4 Å². The molecule has 0 unspecified atom stereocenters. The van der Waals surface area contributed by atoms with Crippen LogP contribution >= 0.6 is 0 Å². The third-order valence-corrected chi connectivity index (χ3v) is 7.57. The zero-order valence-electron chi connectivity index (χ0n) is 19.8. The van der Waals surface area contributed by atoms with Gasteiger partial charge in [-0.25, -0.2) is 13.4 Å². The second-order valence-corrected chi connectivity index (χ2v) is 9.99. The summed E-state index contributed by atoms with van der Waals surface area (Å²) in [6.45, 7) is 3.92. The van der Waals surface area contributed by atoms with Crippen LogP contribution in [0.25, 0.3) is 5.69 Å². The van der Waals surface area contributed by atoms with Gasteiger partial charge in [0.05, 0.1) is 10.6 Å². The number of carbonyl (C=O) groups is 1. The molecule has 0 radical (unpaired) electrons. The second-order valence-electron chi connectivity index (χ2n) is 8.13. The Morgan fingerprint density at radius 1 is 0.943 bits per heavy atom. The van der Waals surface area contributed by atoms with Crippen LogP contribution < -0.4 is 9.62 Å². The van der Waals surface area contributed by atoms with E-state index in [1.54, 1.807) is 36.5 Å². The SMILES string of the molecule is CCc1ccc(N(CC(=O)NCc2ccc(-n3ccnc3C)cc2)S(=O)(=O)c2ccccc2)cc1. The van der Waals surface area contributed by atoms with E-state index < -0.39 is 15.9 Å². The highest BCUT2D eigenvalue weighted by atomic mass is 32.2. The average molecular weight is 489 g/mol. The van der Waals surface area contributed by atoms with Gasteiger partial charge in [-0.3, -0.25) is 9.10 Å². The van der Waals surface area contributed by atoms with Gasteiger partial charge in [0.2, 0.25) is 5.91 Å². The van der Waals surface area contributed by atoms with E-state index in [1.807, 2.05) is 61.0 Å². The number of nitrogens with one attached hydrogen (secondary N) is 1. The number of aryl methyl sites for hydroxylation is 2. The van der Waals surface area contributed by atoms with E-state index in [0.717, 1.165) is 33.4 Å². The van der Waals surface area contributed by atoms with Crippen LogP contribution in [0.5, 0.6) is 0 Å². The summed E-state index contributed by atoms with van der Waals surface area (Å²) in [6, 6.07) is 23.2. The molecule has 0 aliphatic heterocycles. The maximum Gasteiger partial charge on any atom is 0.264 e. The van der Waals surface area contributed by atoms with E-state index in [-0.39, 0.29) is 18.0 Å². The molecule has 8 heteroatoms. The lowest BCUT2D eigenvalue weighted by Gasteiger charge is -2.24. The van der Waals surface area contributed by atoms with Gasteiger partial charge in [-0.2, -0.15) is 0 Å². The summed E-state index contributed by atoms with van der Waals surface area (Å²) in [5.74, 6) is 0.497. The molecule has 1 amide bonds. The molecule has 3 aromatic carbocycles. The second kappa shape index (κ2) is 10.6. The molecule has 0 fully saturated rings. The van der Waals surface area contributed by atoms with Crippen molar-refractivity contribution in [2.45, 2.75) is 31.7 Å². The van der Waals surface area contributed by atoms with E-state index >= 15 is 0 Å². The Hall–Kier alpha value is -3.91. The van der Waals surface area contributed by atoms with E-state index in [1.165, 1.54) is 12.1 Å². The molecule has 0 saturated carbocycles. The van der Waals surface area contributed by atoms with Gasteiger partial charge >= 0.3 is 0 Å². The lowest BCUT2D eigenvalue weighted by Crippen LogP contribution is -2.40. The van der Waals surface area contributed by atoms with E-state index in [0.29, 0.717) is 5.69 Å². The van der Waals surface area contributed by atoms with E-state index in [9.17, 15) is 13.2 Å². The molecule has 1 N–H and O–H groups in total. The predicted octanol–water partition coefficient (Wildman–Crippen LogP) is 4.25. The van der Waals surface area contributed by atoms with Crippen molar-refractivity contribution in [2.24, 2.45) is 0 Å². The molecular weight excluding hydrogens is 460 g/mol. The normalized spacial score (nSPS) is 11.3.